The van der Waals surface area contributed by atoms with Crippen molar-refractivity contribution in [2.45, 2.75) is 19.4 Å². The molecular weight excluding hydrogens is 342 g/mol. The highest BCUT2D eigenvalue weighted by atomic mass is 35.5. The Balaban J connectivity index is 1.86. The number of azide groups is 1. The Labute approximate surface area is 138 Å². The number of hydrogen-bond acceptors (Lipinski definition) is 8. The number of rotatable bonds is 7. The molecule has 0 spiro atoms. The van der Waals surface area contributed by atoms with Crippen molar-refractivity contribution >= 4 is 11.6 Å². The maximum Gasteiger partial charge on any atom is 0.442 e. The molecule has 0 amide bonds. The van der Waals surface area contributed by atoms with Crippen LogP contribution in [0.4, 0.5) is 0 Å². The normalized spacial score (nSPS) is 10.7. The largest absolute Gasteiger partial charge is 0.466 e. The molecule has 0 aliphatic rings. The van der Waals surface area contributed by atoms with Crippen LogP contribution in [-0.2, 0) is 13.0 Å². The van der Waals surface area contributed by atoms with Gasteiger partial charge < -0.3 is 4.42 Å². The maximum atomic E-state index is 11.9. The van der Waals surface area contributed by atoms with Crippen molar-refractivity contribution in [3.63, 3.8) is 0 Å². The molecule has 0 aromatic carbocycles. The van der Waals surface area contributed by atoms with Gasteiger partial charge in [0.05, 0.1) is 11.6 Å². The van der Waals surface area contributed by atoms with Crippen LogP contribution in [-0.4, -0.2) is 26.6 Å². The lowest BCUT2D eigenvalue weighted by Gasteiger charge is -2.00. The Morgan fingerprint density at radius 2 is 2.25 bits per heavy atom. The molecule has 0 saturated carbocycles. The summed E-state index contributed by atoms with van der Waals surface area (Å²) in [4.78, 5) is 14.6. The molecular formula is C12H10ClN7O4. The van der Waals surface area contributed by atoms with E-state index in [-0.39, 0.29) is 18.1 Å². The van der Waals surface area contributed by atoms with Crippen LogP contribution < -0.4 is 5.76 Å². The maximum absolute atomic E-state index is 11.9. The SMILES string of the molecule is [N-]=[N+]=NCCCc1nonc1-c1noc(=O)n1Cc1cc(Cl)co1. The fourth-order valence-electron chi connectivity index (χ4n) is 2.07. The fourth-order valence-corrected chi connectivity index (χ4v) is 2.24. The quantitative estimate of drug-likeness (QED) is 0.274. The first-order chi connectivity index (χ1) is 11.7. The van der Waals surface area contributed by atoms with Crippen molar-refractivity contribution in [2.24, 2.45) is 5.11 Å². The molecule has 0 atom stereocenters. The number of furan rings is 1. The van der Waals surface area contributed by atoms with Gasteiger partial charge in [0.25, 0.3) is 0 Å². The average molecular weight is 352 g/mol. The zero-order valence-electron chi connectivity index (χ0n) is 12.1. The van der Waals surface area contributed by atoms with E-state index in [1.54, 1.807) is 6.07 Å². The molecule has 3 rings (SSSR count). The summed E-state index contributed by atoms with van der Waals surface area (Å²) in [5, 5.41) is 15.1. The molecule has 0 aliphatic heterocycles. The van der Waals surface area contributed by atoms with Crippen molar-refractivity contribution in [3.05, 3.63) is 49.8 Å². The van der Waals surface area contributed by atoms with Gasteiger partial charge >= 0.3 is 5.76 Å². The first kappa shape index (κ1) is 15.8. The van der Waals surface area contributed by atoms with E-state index in [9.17, 15) is 4.79 Å². The van der Waals surface area contributed by atoms with Crippen molar-refractivity contribution in [1.29, 1.82) is 0 Å². The monoisotopic (exact) mass is 351 g/mol. The standard InChI is InChI=1S/C12H10ClN7O4/c13-7-4-8(22-6-7)5-20-11(18-23-12(20)21)10-9(16-24-17-10)2-1-3-15-19-14/h4,6H,1-3,5H2. The molecule has 124 valence electrons. The van der Waals surface area contributed by atoms with Crippen molar-refractivity contribution in [3.8, 4) is 11.5 Å². The predicted molar refractivity (Wildman–Crippen MR) is 79.2 cm³/mol. The van der Waals surface area contributed by atoms with Crippen LogP contribution in [0.25, 0.3) is 22.0 Å². The molecule has 12 heteroatoms. The Kier molecular flexibility index (Phi) is 4.64. The van der Waals surface area contributed by atoms with Crippen LogP contribution >= 0.6 is 11.6 Å². The van der Waals surface area contributed by atoms with E-state index in [0.717, 1.165) is 0 Å². The van der Waals surface area contributed by atoms with Crippen molar-refractivity contribution < 1.29 is 13.6 Å². The summed E-state index contributed by atoms with van der Waals surface area (Å²) in [6, 6.07) is 1.58. The van der Waals surface area contributed by atoms with Gasteiger partial charge in [0.1, 0.15) is 17.7 Å². The summed E-state index contributed by atoms with van der Waals surface area (Å²) in [6.07, 6.45) is 2.33. The third kappa shape index (κ3) is 3.31. The second-order valence-electron chi connectivity index (χ2n) is 4.71. The minimum absolute atomic E-state index is 0.0649. The van der Waals surface area contributed by atoms with E-state index in [0.29, 0.717) is 35.9 Å². The molecule has 0 saturated heterocycles. The van der Waals surface area contributed by atoms with E-state index in [1.807, 2.05) is 0 Å². The van der Waals surface area contributed by atoms with Crippen molar-refractivity contribution in [2.75, 3.05) is 6.54 Å². The number of halogens is 1. The van der Waals surface area contributed by atoms with E-state index in [1.165, 1.54) is 10.8 Å². The lowest BCUT2D eigenvalue weighted by Crippen LogP contribution is -2.16. The minimum atomic E-state index is -0.680. The highest BCUT2D eigenvalue weighted by Gasteiger charge is 2.22. The zero-order valence-corrected chi connectivity index (χ0v) is 12.9. The van der Waals surface area contributed by atoms with Gasteiger partial charge in [0.15, 0.2) is 5.69 Å². The Hall–Kier alpha value is -3.04. The molecule has 11 nitrogen and oxygen atoms in total. The fraction of sp³-hybridized carbons (Fsp3) is 0.333. The van der Waals surface area contributed by atoms with E-state index in [4.69, 9.17) is 30.7 Å². The van der Waals surface area contributed by atoms with Crippen molar-refractivity contribution in [1.82, 2.24) is 20.0 Å². The molecule has 0 fully saturated rings. The second-order valence-corrected chi connectivity index (χ2v) is 5.14. The topological polar surface area (TPSA) is 149 Å². The molecule has 3 heterocycles. The molecule has 0 bridgehead atoms. The number of aryl methyl sites for hydroxylation is 1. The highest BCUT2D eigenvalue weighted by Crippen LogP contribution is 2.21. The van der Waals surface area contributed by atoms with Gasteiger partial charge in [-0.25, -0.2) is 14.0 Å². The van der Waals surface area contributed by atoms with E-state index >= 15 is 0 Å². The molecule has 3 aromatic rings. The summed E-state index contributed by atoms with van der Waals surface area (Å²) < 4.78 is 15.9. The van der Waals surface area contributed by atoms with Gasteiger partial charge in [-0.3, -0.25) is 4.52 Å². The summed E-state index contributed by atoms with van der Waals surface area (Å²) in [6.45, 7) is 0.370. The predicted octanol–water partition coefficient (Wildman–Crippen LogP) is 2.42. The molecule has 0 aliphatic carbocycles. The van der Waals surface area contributed by atoms with Gasteiger partial charge in [0, 0.05) is 17.5 Å². The van der Waals surface area contributed by atoms with Crippen LogP contribution in [0, 0.1) is 0 Å². The Morgan fingerprint density at radius 1 is 1.38 bits per heavy atom. The van der Waals surface area contributed by atoms with E-state index in [2.05, 4.69) is 25.5 Å². The number of aromatic nitrogens is 4. The molecule has 0 radical (unpaired) electrons. The molecule has 0 unspecified atom stereocenters. The van der Waals surface area contributed by atoms with Crippen LogP contribution in [0.3, 0.4) is 0 Å². The van der Waals surface area contributed by atoms with Crippen LogP contribution in [0.2, 0.25) is 5.02 Å². The third-order valence-electron chi connectivity index (χ3n) is 3.13. The van der Waals surface area contributed by atoms with E-state index < -0.39 is 5.76 Å². The molecule has 0 N–H and O–H groups in total. The lowest BCUT2D eigenvalue weighted by atomic mass is 10.2. The van der Waals surface area contributed by atoms with Crippen LogP contribution in [0.15, 0.2) is 35.8 Å². The third-order valence-corrected chi connectivity index (χ3v) is 3.32. The number of nitrogens with zero attached hydrogens (tertiary/aromatic N) is 7. The second kappa shape index (κ2) is 7.02. The first-order valence-corrected chi connectivity index (χ1v) is 7.19. The van der Waals surface area contributed by atoms with Crippen LogP contribution in [0.1, 0.15) is 17.9 Å². The van der Waals surface area contributed by atoms with Gasteiger partial charge in [-0.05, 0) is 23.5 Å². The smallest absolute Gasteiger partial charge is 0.442 e. The molecule has 24 heavy (non-hydrogen) atoms. The van der Waals surface area contributed by atoms with Gasteiger partial charge in [-0.2, -0.15) is 0 Å². The zero-order chi connectivity index (χ0) is 16.9. The minimum Gasteiger partial charge on any atom is -0.466 e. The molecule has 3 aromatic heterocycles. The lowest BCUT2D eigenvalue weighted by molar-refractivity contribution is 0.303. The average Bonchev–Trinajstić information content (AvgIpc) is 3.27. The summed E-state index contributed by atoms with van der Waals surface area (Å²) >= 11 is 5.80. The van der Waals surface area contributed by atoms with Gasteiger partial charge in [0.2, 0.25) is 5.82 Å². The summed E-state index contributed by atoms with van der Waals surface area (Å²) in [5.74, 6) is -0.0685. The van der Waals surface area contributed by atoms with Gasteiger partial charge in [-0.1, -0.05) is 27.0 Å². The summed E-state index contributed by atoms with van der Waals surface area (Å²) in [5.41, 5.74) is 9.02. The highest BCUT2D eigenvalue weighted by molar-refractivity contribution is 6.30. The Bertz CT molecular complexity index is 933. The first-order valence-electron chi connectivity index (χ1n) is 6.81. The summed E-state index contributed by atoms with van der Waals surface area (Å²) in [7, 11) is 0. The van der Waals surface area contributed by atoms with Gasteiger partial charge in [-0.15, -0.1) is 0 Å². The number of hydrogen-bond donors (Lipinski definition) is 0. The van der Waals surface area contributed by atoms with Crippen LogP contribution in [0.5, 0.6) is 0 Å². The Morgan fingerprint density at radius 3 is 3.00 bits per heavy atom.